The van der Waals surface area contributed by atoms with E-state index < -0.39 is 11.6 Å². The largest absolute Gasteiger partial charge is 0.547 e. The first kappa shape index (κ1) is 9.48. The van der Waals surface area contributed by atoms with Gasteiger partial charge in [0.05, 0.1) is 13.1 Å². The molecule has 1 rings (SSSR count). The third-order valence-electron chi connectivity index (χ3n) is 2.28. The van der Waals surface area contributed by atoms with Crippen LogP contribution in [0.5, 0.6) is 0 Å². The summed E-state index contributed by atoms with van der Waals surface area (Å²) >= 11 is 0. The predicted octanol–water partition coefficient (Wildman–Crippen LogP) is 0.0172. The third kappa shape index (κ3) is 1.76. The average molecular weight is 173 g/mol. The fourth-order valence-corrected chi connectivity index (χ4v) is 1.60. The summed E-state index contributed by atoms with van der Waals surface area (Å²) in [5, 5.41) is 10.8. The van der Waals surface area contributed by atoms with Gasteiger partial charge in [-0.1, -0.05) is 19.3 Å². The van der Waals surface area contributed by atoms with E-state index in [-0.39, 0.29) is 0 Å². The van der Waals surface area contributed by atoms with Crippen LogP contribution in [-0.4, -0.2) is 18.7 Å². The molecule has 1 fully saturated rings. The van der Waals surface area contributed by atoms with E-state index in [0.717, 1.165) is 19.3 Å². The molecule has 1 saturated carbocycles. The van der Waals surface area contributed by atoms with Crippen molar-refractivity contribution in [3.8, 4) is 0 Å². The first-order valence-electron chi connectivity index (χ1n) is 4.14. The van der Waals surface area contributed by atoms with Gasteiger partial charge in [0.15, 0.2) is 0 Å². The number of hydrogen-bond acceptors (Lipinski definition) is 4. The zero-order chi connectivity index (χ0) is 9.03. The van der Waals surface area contributed by atoms with E-state index in [4.69, 9.17) is 4.89 Å². The summed E-state index contributed by atoms with van der Waals surface area (Å²) in [5.74, 6) is -1.16. The lowest BCUT2D eigenvalue weighted by atomic mass is 9.85. The number of carbonyl (C=O) groups excluding carboxylic acids is 1. The quantitative estimate of drug-likeness (QED) is 0.446. The lowest BCUT2D eigenvalue weighted by Gasteiger charge is -2.35. The van der Waals surface area contributed by atoms with Gasteiger partial charge in [-0.2, -0.15) is 0 Å². The van der Waals surface area contributed by atoms with Gasteiger partial charge in [-0.3, -0.25) is 0 Å². The molecule has 0 saturated heterocycles. The zero-order valence-corrected chi connectivity index (χ0v) is 7.17. The molecule has 0 aromatic heterocycles. The van der Waals surface area contributed by atoms with Gasteiger partial charge in [-0.05, 0) is 12.8 Å². The Bertz CT molecular complexity index is 155. The predicted molar refractivity (Wildman–Crippen MR) is 38.9 cm³/mol. The number of carbonyl (C=O) groups is 1. The molecule has 0 radical (unpaired) electrons. The molecule has 1 aliphatic rings. The SMILES string of the molecule is COOC1(C(=O)[O-])CCCCC1. The molecule has 0 amide bonds. The Morgan fingerprint density at radius 2 is 1.92 bits per heavy atom. The molecule has 0 aliphatic heterocycles. The Hall–Kier alpha value is -0.610. The number of rotatable bonds is 3. The Morgan fingerprint density at radius 3 is 2.33 bits per heavy atom. The van der Waals surface area contributed by atoms with Crippen LogP contribution in [0.15, 0.2) is 0 Å². The monoisotopic (exact) mass is 173 g/mol. The van der Waals surface area contributed by atoms with Gasteiger partial charge in [0.2, 0.25) is 0 Å². The van der Waals surface area contributed by atoms with Gasteiger partial charge in [-0.15, -0.1) is 0 Å². The van der Waals surface area contributed by atoms with Crippen molar-refractivity contribution in [2.24, 2.45) is 0 Å². The van der Waals surface area contributed by atoms with Crippen LogP contribution >= 0.6 is 0 Å². The Kier molecular flexibility index (Phi) is 3.05. The standard InChI is InChI=1S/C8H14O4/c1-11-12-8(7(9)10)5-3-2-4-6-8/h2-6H2,1H3,(H,9,10)/p-1. The molecule has 0 N–H and O–H groups in total. The second-order valence-corrected chi connectivity index (χ2v) is 3.09. The highest BCUT2D eigenvalue weighted by Crippen LogP contribution is 2.31. The van der Waals surface area contributed by atoms with Gasteiger partial charge >= 0.3 is 0 Å². The molecule has 12 heavy (non-hydrogen) atoms. The summed E-state index contributed by atoms with van der Waals surface area (Å²) in [6.07, 6.45) is 3.75. The van der Waals surface area contributed by atoms with Gasteiger partial charge in [0, 0.05) is 0 Å². The summed E-state index contributed by atoms with van der Waals surface area (Å²) in [5.41, 5.74) is -1.19. The molecule has 4 nitrogen and oxygen atoms in total. The van der Waals surface area contributed by atoms with Crippen molar-refractivity contribution < 1.29 is 19.7 Å². The lowest BCUT2D eigenvalue weighted by molar-refractivity contribution is -0.387. The van der Waals surface area contributed by atoms with E-state index in [2.05, 4.69) is 4.89 Å². The normalized spacial score (nSPS) is 22.1. The molecule has 0 spiro atoms. The van der Waals surface area contributed by atoms with Crippen LogP contribution in [0, 0.1) is 0 Å². The van der Waals surface area contributed by atoms with Crippen LogP contribution in [0.2, 0.25) is 0 Å². The van der Waals surface area contributed by atoms with Crippen LogP contribution in [0.1, 0.15) is 32.1 Å². The lowest BCUT2D eigenvalue weighted by Crippen LogP contribution is -2.51. The maximum atomic E-state index is 10.8. The van der Waals surface area contributed by atoms with Crippen LogP contribution in [0.3, 0.4) is 0 Å². The number of aliphatic carboxylic acids is 1. The molecule has 0 aromatic carbocycles. The van der Waals surface area contributed by atoms with E-state index >= 15 is 0 Å². The van der Waals surface area contributed by atoms with E-state index in [1.807, 2.05) is 0 Å². The van der Waals surface area contributed by atoms with Gasteiger partial charge < -0.3 is 9.90 Å². The maximum Gasteiger partial charge on any atom is 0.143 e. The van der Waals surface area contributed by atoms with E-state index in [0.29, 0.717) is 12.8 Å². The molecule has 0 unspecified atom stereocenters. The maximum absolute atomic E-state index is 10.8. The first-order valence-corrected chi connectivity index (χ1v) is 4.14. The van der Waals surface area contributed by atoms with Crippen molar-refractivity contribution in [1.29, 1.82) is 0 Å². The van der Waals surface area contributed by atoms with Gasteiger partial charge in [0.1, 0.15) is 5.60 Å². The molecule has 4 heteroatoms. The van der Waals surface area contributed by atoms with Crippen molar-refractivity contribution in [1.82, 2.24) is 0 Å². The van der Waals surface area contributed by atoms with Crippen LogP contribution < -0.4 is 5.11 Å². The molecule has 70 valence electrons. The fraction of sp³-hybridized carbons (Fsp3) is 0.875. The highest BCUT2D eigenvalue weighted by molar-refractivity contribution is 5.75. The smallest absolute Gasteiger partial charge is 0.143 e. The van der Waals surface area contributed by atoms with Gasteiger partial charge in [-0.25, -0.2) is 9.78 Å². The molecule has 1 aliphatic carbocycles. The highest BCUT2D eigenvalue weighted by atomic mass is 17.2. The van der Waals surface area contributed by atoms with Crippen molar-refractivity contribution in [3.63, 3.8) is 0 Å². The summed E-state index contributed by atoms with van der Waals surface area (Å²) in [4.78, 5) is 19.9. The number of carboxylic acids is 1. The molecule has 0 atom stereocenters. The van der Waals surface area contributed by atoms with Crippen molar-refractivity contribution in [2.75, 3.05) is 7.11 Å². The minimum atomic E-state index is -1.19. The van der Waals surface area contributed by atoms with Gasteiger partial charge in [0.25, 0.3) is 0 Å². The van der Waals surface area contributed by atoms with Crippen molar-refractivity contribution in [3.05, 3.63) is 0 Å². The minimum absolute atomic E-state index is 0.489. The second kappa shape index (κ2) is 3.87. The molecule has 0 bridgehead atoms. The molecular weight excluding hydrogens is 160 g/mol. The zero-order valence-electron chi connectivity index (χ0n) is 7.17. The third-order valence-corrected chi connectivity index (χ3v) is 2.28. The van der Waals surface area contributed by atoms with Crippen LogP contribution in [0.25, 0.3) is 0 Å². The number of carboxylic acid groups (broad SMARTS) is 1. The Labute approximate surface area is 71.4 Å². The average Bonchev–Trinajstić information content (AvgIpc) is 2.06. The number of hydrogen-bond donors (Lipinski definition) is 0. The van der Waals surface area contributed by atoms with Crippen LogP contribution in [-0.2, 0) is 14.6 Å². The first-order chi connectivity index (χ1) is 5.71. The molecular formula is C8H13O4-. The second-order valence-electron chi connectivity index (χ2n) is 3.09. The van der Waals surface area contributed by atoms with E-state index in [1.165, 1.54) is 7.11 Å². The Balaban J connectivity index is 2.63. The van der Waals surface area contributed by atoms with E-state index in [1.54, 1.807) is 0 Å². The molecule has 0 heterocycles. The van der Waals surface area contributed by atoms with E-state index in [9.17, 15) is 9.90 Å². The summed E-state index contributed by atoms with van der Waals surface area (Å²) < 4.78 is 0. The van der Waals surface area contributed by atoms with Crippen LogP contribution in [0.4, 0.5) is 0 Å². The van der Waals surface area contributed by atoms with Crippen molar-refractivity contribution in [2.45, 2.75) is 37.7 Å². The minimum Gasteiger partial charge on any atom is -0.547 e. The topological polar surface area (TPSA) is 58.6 Å². The molecule has 0 aromatic rings. The summed E-state index contributed by atoms with van der Waals surface area (Å²) in [7, 11) is 1.32. The van der Waals surface area contributed by atoms with Crippen molar-refractivity contribution >= 4 is 5.97 Å². The highest BCUT2D eigenvalue weighted by Gasteiger charge is 2.35. The summed E-state index contributed by atoms with van der Waals surface area (Å²) in [6.45, 7) is 0. The summed E-state index contributed by atoms with van der Waals surface area (Å²) in [6, 6.07) is 0. The fourth-order valence-electron chi connectivity index (χ4n) is 1.60. The Morgan fingerprint density at radius 1 is 1.33 bits per heavy atom.